The SMILES string of the molecule is CS(=O)(=O)OC1CCCN(S(C)(=O)=O)C1. The van der Waals surface area contributed by atoms with Gasteiger partial charge in [0, 0.05) is 13.1 Å². The number of sulfonamides is 1. The van der Waals surface area contributed by atoms with E-state index in [-0.39, 0.29) is 6.54 Å². The maximum absolute atomic E-state index is 11.2. The van der Waals surface area contributed by atoms with E-state index in [1.807, 2.05) is 0 Å². The summed E-state index contributed by atoms with van der Waals surface area (Å²) in [6.45, 7) is 0.550. The van der Waals surface area contributed by atoms with Crippen LogP contribution in [0.1, 0.15) is 12.8 Å². The van der Waals surface area contributed by atoms with Crippen molar-refractivity contribution in [1.82, 2.24) is 4.31 Å². The normalized spacial score (nSPS) is 25.3. The van der Waals surface area contributed by atoms with Crippen LogP contribution in [0.3, 0.4) is 0 Å². The zero-order valence-corrected chi connectivity index (χ0v) is 10.3. The van der Waals surface area contributed by atoms with Crippen LogP contribution in [0.4, 0.5) is 0 Å². The Morgan fingerprint density at radius 2 is 1.80 bits per heavy atom. The summed E-state index contributed by atoms with van der Waals surface area (Å²) in [4.78, 5) is 0. The maximum atomic E-state index is 11.2. The molecule has 8 heteroatoms. The summed E-state index contributed by atoms with van der Waals surface area (Å²) in [5, 5.41) is 0. The summed E-state index contributed by atoms with van der Waals surface area (Å²) >= 11 is 0. The Bertz CT molecular complexity index is 413. The van der Waals surface area contributed by atoms with Crippen molar-refractivity contribution in [3.63, 3.8) is 0 Å². The van der Waals surface area contributed by atoms with Gasteiger partial charge in [-0.25, -0.2) is 8.42 Å². The van der Waals surface area contributed by atoms with Crippen molar-refractivity contribution >= 4 is 20.1 Å². The van der Waals surface area contributed by atoms with Gasteiger partial charge in [0.25, 0.3) is 10.1 Å². The van der Waals surface area contributed by atoms with Gasteiger partial charge in [-0.15, -0.1) is 0 Å². The molecule has 0 spiro atoms. The van der Waals surface area contributed by atoms with Gasteiger partial charge in [0.2, 0.25) is 10.0 Å². The number of rotatable bonds is 3. The first-order valence-electron chi connectivity index (χ1n) is 4.52. The monoisotopic (exact) mass is 257 g/mol. The van der Waals surface area contributed by atoms with E-state index in [0.29, 0.717) is 19.4 Å². The zero-order valence-electron chi connectivity index (χ0n) is 8.71. The molecule has 1 atom stereocenters. The summed E-state index contributed by atoms with van der Waals surface area (Å²) in [7, 11) is -6.77. The van der Waals surface area contributed by atoms with E-state index in [0.717, 1.165) is 12.5 Å². The molecule has 1 saturated heterocycles. The van der Waals surface area contributed by atoms with Gasteiger partial charge in [0.1, 0.15) is 0 Å². The standard InChI is InChI=1S/C7H15NO5S2/c1-14(9,10)8-5-3-4-7(6-8)13-15(2,11)12/h7H,3-6H2,1-2H3. The smallest absolute Gasteiger partial charge is 0.264 e. The molecule has 0 aromatic rings. The lowest BCUT2D eigenvalue weighted by molar-refractivity contribution is 0.137. The van der Waals surface area contributed by atoms with Crippen molar-refractivity contribution in [3.05, 3.63) is 0 Å². The summed E-state index contributed by atoms with van der Waals surface area (Å²) in [6.07, 6.45) is 2.71. The highest BCUT2D eigenvalue weighted by Crippen LogP contribution is 2.16. The second-order valence-electron chi connectivity index (χ2n) is 3.69. The third kappa shape index (κ3) is 4.45. The third-order valence-electron chi connectivity index (χ3n) is 2.12. The first-order valence-corrected chi connectivity index (χ1v) is 8.18. The Hall–Kier alpha value is -0.180. The van der Waals surface area contributed by atoms with Gasteiger partial charge in [-0.2, -0.15) is 12.7 Å². The molecule has 0 aromatic carbocycles. The average molecular weight is 257 g/mol. The van der Waals surface area contributed by atoms with Crippen molar-refractivity contribution in [3.8, 4) is 0 Å². The quantitative estimate of drug-likeness (QED) is 0.630. The van der Waals surface area contributed by atoms with Crippen molar-refractivity contribution in [1.29, 1.82) is 0 Å². The van der Waals surface area contributed by atoms with Crippen LogP contribution < -0.4 is 0 Å². The van der Waals surface area contributed by atoms with Crippen molar-refractivity contribution < 1.29 is 21.0 Å². The van der Waals surface area contributed by atoms with E-state index in [9.17, 15) is 16.8 Å². The van der Waals surface area contributed by atoms with Crippen molar-refractivity contribution in [2.75, 3.05) is 25.6 Å². The molecule has 90 valence electrons. The van der Waals surface area contributed by atoms with E-state index in [4.69, 9.17) is 4.18 Å². The van der Waals surface area contributed by atoms with Gasteiger partial charge in [-0.05, 0) is 12.8 Å². The highest BCUT2D eigenvalue weighted by atomic mass is 32.2. The predicted molar refractivity (Wildman–Crippen MR) is 55.4 cm³/mol. The van der Waals surface area contributed by atoms with Crippen LogP contribution in [-0.4, -0.2) is 52.8 Å². The third-order valence-corrected chi connectivity index (χ3v) is 4.01. The lowest BCUT2D eigenvalue weighted by Gasteiger charge is -2.29. The predicted octanol–water partition coefficient (Wildman–Crippen LogP) is -0.613. The van der Waals surface area contributed by atoms with Gasteiger partial charge in [0.15, 0.2) is 0 Å². The Kier molecular flexibility index (Phi) is 3.75. The van der Waals surface area contributed by atoms with Gasteiger partial charge >= 0.3 is 0 Å². The van der Waals surface area contributed by atoms with Gasteiger partial charge in [-0.1, -0.05) is 0 Å². The van der Waals surface area contributed by atoms with Crippen LogP contribution in [0.5, 0.6) is 0 Å². The number of nitrogens with zero attached hydrogens (tertiary/aromatic N) is 1. The fourth-order valence-corrected chi connectivity index (χ4v) is 3.08. The number of piperidine rings is 1. The van der Waals surface area contributed by atoms with Crippen LogP contribution in [0.2, 0.25) is 0 Å². The summed E-state index contributed by atoms with van der Waals surface area (Å²) < 4.78 is 50.2. The first-order chi connectivity index (χ1) is 6.68. The molecule has 1 rings (SSSR count). The molecule has 0 saturated carbocycles. The molecule has 6 nitrogen and oxygen atoms in total. The molecular formula is C7H15NO5S2. The van der Waals surface area contributed by atoms with Gasteiger partial charge in [-0.3, -0.25) is 4.18 Å². The molecular weight excluding hydrogens is 242 g/mol. The van der Waals surface area contributed by atoms with Gasteiger partial charge < -0.3 is 0 Å². The topological polar surface area (TPSA) is 80.8 Å². The fraction of sp³-hybridized carbons (Fsp3) is 1.00. The first kappa shape index (κ1) is 12.9. The molecule has 0 aromatic heterocycles. The fourth-order valence-electron chi connectivity index (χ4n) is 1.53. The minimum Gasteiger partial charge on any atom is -0.266 e. The average Bonchev–Trinajstić information content (AvgIpc) is 1.99. The van der Waals surface area contributed by atoms with Crippen LogP contribution in [0, 0.1) is 0 Å². The molecule has 1 unspecified atom stereocenters. The Morgan fingerprint density at radius 3 is 2.27 bits per heavy atom. The largest absolute Gasteiger partial charge is 0.266 e. The van der Waals surface area contributed by atoms with Gasteiger partial charge in [0.05, 0.1) is 18.6 Å². The number of hydrogen-bond donors (Lipinski definition) is 0. The van der Waals surface area contributed by atoms with E-state index in [1.165, 1.54) is 4.31 Å². The number of hydrogen-bond acceptors (Lipinski definition) is 5. The molecule has 0 aliphatic carbocycles. The minimum absolute atomic E-state index is 0.117. The molecule has 1 heterocycles. The Labute approximate surface area is 90.4 Å². The van der Waals surface area contributed by atoms with E-state index in [1.54, 1.807) is 0 Å². The van der Waals surface area contributed by atoms with E-state index < -0.39 is 26.2 Å². The van der Waals surface area contributed by atoms with Crippen LogP contribution in [0.15, 0.2) is 0 Å². The molecule has 1 aliphatic heterocycles. The maximum Gasteiger partial charge on any atom is 0.264 e. The van der Waals surface area contributed by atoms with Crippen LogP contribution in [-0.2, 0) is 24.3 Å². The zero-order chi connectivity index (χ0) is 11.7. The van der Waals surface area contributed by atoms with Crippen molar-refractivity contribution in [2.24, 2.45) is 0 Å². The lowest BCUT2D eigenvalue weighted by Crippen LogP contribution is -2.43. The van der Waals surface area contributed by atoms with Crippen LogP contribution >= 0.6 is 0 Å². The second-order valence-corrected chi connectivity index (χ2v) is 7.27. The Morgan fingerprint density at radius 1 is 1.20 bits per heavy atom. The molecule has 0 N–H and O–H groups in total. The molecule has 15 heavy (non-hydrogen) atoms. The molecule has 1 aliphatic rings. The van der Waals surface area contributed by atoms with Crippen LogP contribution in [0.25, 0.3) is 0 Å². The second kappa shape index (κ2) is 4.36. The summed E-state index contributed by atoms with van der Waals surface area (Å²) in [6, 6.07) is 0. The lowest BCUT2D eigenvalue weighted by atomic mass is 10.1. The Balaban J connectivity index is 2.65. The summed E-state index contributed by atoms with van der Waals surface area (Å²) in [5.41, 5.74) is 0. The molecule has 1 fully saturated rings. The van der Waals surface area contributed by atoms with Crippen molar-refractivity contribution in [2.45, 2.75) is 18.9 Å². The minimum atomic E-state index is -3.51. The van der Waals surface area contributed by atoms with E-state index >= 15 is 0 Å². The molecule has 0 radical (unpaired) electrons. The summed E-state index contributed by atoms with van der Waals surface area (Å²) in [5.74, 6) is 0. The highest BCUT2D eigenvalue weighted by molar-refractivity contribution is 7.88. The van der Waals surface area contributed by atoms with E-state index in [2.05, 4.69) is 0 Å². The highest BCUT2D eigenvalue weighted by Gasteiger charge is 2.28. The molecule has 0 amide bonds. The molecule has 0 bridgehead atoms.